The van der Waals surface area contributed by atoms with Crippen LogP contribution in [0.5, 0.6) is 5.75 Å². The molecule has 2 heterocycles. The van der Waals surface area contributed by atoms with Crippen molar-refractivity contribution >= 4 is 5.91 Å². The summed E-state index contributed by atoms with van der Waals surface area (Å²) in [6.45, 7) is 7.48. The molecule has 0 saturated carbocycles. The number of hydrogen-bond donors (Lipinski definition) is 1. The maximum atomic E-state index is 12.5. The van der Waals surface area contributed by atoms with E-state index < -0.39 is 0 Å². The highest BCUT2D eigenvalue weighted by Gasteiger charge is 2.19. The van der Waals surface area contributed by atoms with Crippen molar-refractivity contribution < 1.29 is 14.1 Å². The van der Waals surface area contributed by atoms with Crippen LogP contribution in [0.15, 0.2) is 53.1 Å². The van der Waals surface area contributed by atoms with Crippen LogP contribution in [0, 0.1) is 0 Å². The van der Waals surface area contributed by atoms with Gasteiger partial charge in [-0.1, -0.05) is 35.8 Å². The zero-order chi connectivity index (χ0) is 23.8. The molecule has 1 saturated heterocycles. The van der Waals surface area contributed by atoms with Crippen LogP contribution in [0.3, 0.4) is 0 Å². The van der Waals surface area contributed by atoms with Gasteiger partial charge < -0.3 is 14.6 Å². The first-order valence-electron chi connectivity index (χ1n) is 12.3. The molecule has 1 aromatic heterocycles. The van der Waals surface area contributed by atoms with Gasteiger partial charge in [0, 0.05) is 37.5 Å². The highest BCUT2D eigenvalue weighted by Crippen LogP contribution is 2.22. The fourth-order valence-corrected chi connectivity index (χ4v) is 4.34. The molecule has 1 unspecified atom stereocenters. The molecule has 0 spiro atoms. The Kier molecular flexibility index (Phi) is 8.31. The zero-order valence-corrected chi connectivity index (χ0v) is 20.1. The SMILES string of the molecule is CCOc1ccc(-c2noc(CCC(=O)NCc3ccccc3CN3CCCCC3C)n2)cc1. The molecule has 2 aromatic carbocycles. The lowest BCUT2D eigenvalue weighted by atomic mass is 10.0. The fraction of sp³-hybridized carbons (Fsp3) is 0.444. The minimum atomic E-state index is -0.0260. The Morgan fingerprint density at radius 1 is 1.15 bits per heavy atom. The molecular weight excluding hydrogens is 428 g/mol. The first-order chi connectivity index (χ1) is 16.6. The van der Waals surface area contributed by atoms with Crippen LogP contribution in [0.2, 0.25) is 0 Å². The third kappa shape index (κ3) is 6.44. The van der Waals surface area contributed by atoms with Crippen molar-refractivity contribution in [1.29, 1.82) is 0 Å². The van der Waals surface area contributed by atoms with Crippen LogP contribution in [0.1, 0.15) is 56.5 Å². The van der Waals surface area contributed by atoms with E-state index in [0.29, 0.717) is 43.8 Å². The first-order valence-corrected chi connectivity index (χ1v) is 12.3. The van der Waals surface area contributed by atoms with Crippen molar-refractivity contribution in [1.82, 2.24) is 20.4 Å². The number of nitrogens with zero attached hydrogens (tertiary/aromatic N) is 3. The highest BCUT2D eigenvalue weighted by atomic mass is 16.5. The van der Waals surface area contributed by atoms with E-state index in [2.05, 4.69) is 45.5 Å². The van der Waals surface area contributed by atoms with Gasteiger partial charge in [0.05, 0.1) is 6.61 Å². The maximum Gasteiger partial charge on any atom is 0.227 e. The molecule has 0 aliphatic carbocycles. The molecule has 7 heteroatoms. The summed E-state index contributed by atoms with van der Waals surface area (Å²) in [6.07, 6.45) is 4.55. The van der Waals surface area contributed by atoms with Gasteiger partial charge in [0.2, 0.25) is 17.6 Å². The van der Waals surface area contributed by atoms with Crippen LogP contribution in [0.25, 0.3) is 11.4 Å². The molecule has 34 heavy (non-hydrogen) atoms. The van der Waals surface area contributed by atoms with E-state index in [1.807, 2.05) is 37.3 Å². The fourth-order valence-electron chi connectivity index (χ4n) is 4.34. The van der Waals surface area contributed by atoms with Gasteiger partial charge in [-0.15, -0.1) is 0 Å². The summed E-state index contributed by atoms with van der Waals surface area (Å²) in [4.78, 5) is 19.5. The second kappa shape index (κ2) is 11.8. The summed E-state index contributed by atoms with van der Waals surface area (Å²) in [5.41, 5.74) is 3.31. The molecule has 0 bridgehead atoms. The first kappa shape index (κ1) is 24.0. The number of benzene rings is 2. The Morgan fingerprint density at radius 2 is 1.94 bits per heavy atom. The lowest BCUT2D eigenvalue weighted by Crippen LogP contribution is -2.37. The second-order valence-electron chi connectivity index (χ2n) is 8.83. The Morgan fingerprint density at radius 3 is 2.71 bits per heavy atom. The molecular formula is C27H34N4O3. The minimum absolute atomic E-state index is 0.0260. The average molecular weight is 463 g/mol. The van der Waals surface area contributed by atoms with E-state index in [4.69, 9.17) is 9.26 Å². The molecule has 0 radical (unpaired) electrons. The topological polar surface area (TPSA) is 80.5 Å². The van der Waals surface area contributed by atoms with Gasteiger partial charge in [0.25, 0.3) is 0 Å². The van der Waals surface area contributed by atoms with Crippen molar-refractivity contribution in [2.45, 2.75) is 65.1 Å². The van der Waals surface area contributed by atoms with Crippen LogP contribution >= 0.6 is 0 Å². The number of hydrogen-bond acceptors (Lipinski definition) is 6. The van der Waals surface area contributed by atoms with E-state index in [-0.39, 0.29) is 5.91 Å². The number of piperidine rings is 1. The normalized spacial score (nSPS) is 16.4. The van der Waals surface area contributed by atoms with E-state index in [9.17, 15) is 4.79 Å². The Bertz CT molecular complexity index is 1060. The number of nitrogens with one attached hydrogen (secondary N) is 1. The van der Waals surface area contributed by atoms with Gasteiger partial charge in [-0.25, -0.2) is 0 Å². The predicted octanol–water partition coefficient (Wildman–Crippen LogP) is 4.76. The number of aryl methyl sites for hydroxylation is 1. The zero-order valence-electron chi connectivity index (χ0n) is 20.1. The molecule has 7 nitrogen and oxygen atoms in total. The van der Waals surface area contributed by atoms with E-state index in [1.165, 1.54) is 30.4 Å². The molecule has 4 rings (SSSR count). The average Bonchev–Trinajstić information content (AvgIpc) is 3.33. The van der Waals surface area contributed by atoms with Crippen molar-refractivity contribution in [2.24, 2.45) is 0 Å². The quantitative estimate of drug-likeness (QED) is 0.468. The van der Waals surface area contributed by atoms with Crippen LogP contribution in [-0.2, 0) is 24.3 Å². The number of amides is 1. The van der Waals surface area contributed by atoms with Gasteiger partial charge in [-0.2, -0.15) is 4.98 Å². The van der Waals surface area contributed by atoms with E-state index >= 15 is 0 Å². The molecule has 1 amide bonds. The molecule has 1 aliphatic heterocycles. The summed E-state index contributed by atoms with van der Waals surface area (Å²) < 4.78 is 10.8. The number of aromatic nitrogens is 2. The minimum Gasteiger partial charge on any atom is -0.494 e. The monoisotopic (exact) mass is 462 g/mol. The van der Waals surface area contributed by atoms with Crippen LogP contribution in [-0.4, -0.2) is 40.1 Å². The molecule has 180 valence electrons. The van der Waals surface area contributed by atoms with Gasteiger partial charge in [0.15, 0.2) is 0 Å². The van der Waals surface area contributed by atoms with Crippen LogP contribution in [0.4, 0.5) is 0 Å². The predicted molar refractivity (Wildman–Crippen MR) is 131 cm³/mol. The lowest BCUT2D eigenvalue weighted by Gasteiger charge is -2.33. The number of rotatable bonds is 10. The largest absolute Gasteiger partial charge is 0.494 e. The van der Waals surface area contributed by atoms with Crippen molar-refractivity contribution in [3.8, 4) is 17.1 Å². The summed E-state index contributed by atoms with van der Waals surface area (Å²) in [6, 6.07) is 16.5. The molecule has 3 aromatic rings. The highest BCUT2D eigenvalue weighted by molar-refractivity contribution is 5.76. The third-order valence-electron chi connectivity index (χ3n) is 6.37. The smallest absolute Gasteiger partial charge is 0.227 e. The van der Waals surface area contributed by atoms with Crippen molar-refractivity contribution in [2.75, 3.05) is 13.2 Å². The van der Waals surface area contributed by atoms with Crippen LogP contribution < -0.4 is 10.1 Å². The summed E-state index contributed by atoms with van der Waals surface area (Å²) >= 11 is 0. The van der Waals surface area contributed by atoms with E-state index in [1.54, 1.807) is 0 Å². The number of ether oxygens (including phenoxy) is 1. The Hall–Kier alpha value is -3.19. The molecule has 1 N–H and O–H groups in total. The van der Waals surface area contributed by atoms with Gasteiger partial charge in [0.1, 0.15) is 5.75 Å². The van der Waals surface area contributed by atoms with Crippen molar-refractivity contribution in [3.05, 3.63) is 65.5 Å². The summed E-state index contributed by atoms with van der Waals surface area (Å²) in [5.74, 6) is 1.75. The van der Waals surface area contributed by atoms with Crippen molar-refractivity contribution in [3.63, 3.8) is 0 Å². The second-order valence-corrected chi connectivity index (χ2v) is 8.83. The summed E-state index contributed by atoms with van der Waals surface area (Å²) in [7, 11) is 0. The number of carbonyl (C=O) groups excluding carboxylic acids is 1. The Labute approximate surface area is 201 Å². The number of carbonyl (C=O) groups is 1. The Balaban J connectivity index is 1.27. The van der Waals surface area contributed by atoms with Gasteiger partial charge in [-0.3, -0.25) is 9.69 Å². The molecule has 1 fully saturated rings. The molecule has 1 aliphatic rings. The number of likely N-dealkylation sites (tertiary alicyclic amines) is 1. The van der Waals surface area contributed by atoms with E-state index in [0.717, 1.165) is 24.4 Å². The standard InChI is InChI=1S/C27H34N4O3/c1-3-33-24-13-11-21(12-14-24)27-29-26(34-30-27)16-15-25(32)28-18-22-9-4-5-10-23(22)19-31-17-7-6-8-20(31)2/h4-5,9-14,20H,3,6-8,15-19H2,1-2H3,(H,28,32). The molecule has 1 atom stereocenters. The summed E-state index contributed by atoms with van der Waals surface area (Å²) in [5, 5.41) is 7.10. The lowest BCUT2D eigenvalue weighted by molar-refractivity contribution is -0.121. The third-order valence-corrected chi connectivity index (χ3v) is 6.37. The van der Waals surface area contributed by atoms with Gasteiger partial charge >= 0.3 is 0 Å². The maximum absolute atomic E-state index is 12.5. The van der Waals surface area contributed by atoms with Gasteiger partial charge in [-0.05, 0) is 68.6 Å².